The van der Waals surface area contributed by atoms with E-state index in [1.54, 1.807) is 0 Å². The molecule has 1 aromatic heterocycles. The minimum atomic E-state index is -1.05. The largest absolute Gasteiger partial charge is 0.487 e. The second kappa shape index (κ2) is 6.65. The summed E-state index contributed by atoms with van der Waals surface area (Å²) < 4.78 is 5.56. The molecule has 2 rings (SSSR count). The average molecular weight is 272 g/mol. The van der Waals surface area contributed by atoms with Crippen molar-refractivity contribution in [3.8, 4) is 5.75 Å². The van der Waals surface area contributed by atoms with Gasteiger partial charge >= 0.3 is 5.97 Å². The van der Waals surface area contributed by atoms with Gasteiger partial charge in [0.25, 0.3) is 0 Å². The van der Waals surface area contributed by atoms with Crippen LogP contribution in [0.5, 0.6) is 5.75 Å². The number of benzene rings is 1. The summed E-state index contributed by atoms with van der Waals surface area (Å²) in [6.07, 6.45) is 4.73. The maximum absolute atomic E-state index is 11.0. The van der Waals surface area contributed by atoms with Crippen molar-refractivity contribution in [2.45, 2.75) is 26.4 Å². The lowest BCUT2D eigenvalue weighted by Crippen LogP contribution is -2.08. The first-order valence-corrected chi connectivity index (χ1v) is 6.44. The van der Waals surface area contributed by atoms with Crippen LogP contribution in [0.2, 0.25) is 0 Å². The van der Waals surface area contributed by atoms with E-state index >= 15 is 0 Å². The van der Waals surface area contributed by atoms with E-state index in [0.717, 1.165) is 12.8 Å². The van der Waals surface area contributed by atoms with Gasteiger partial charge in [-0.3, -0.25) is 0 Å². The number of hydrogen-bond donors (Lipinski definition) is 1. The zero-order valence-electron chi connectivity index (χ0n) is 11.2. The molecule has 5 heteroatoms. The molecular formula is C15H16N2O3. The smallest absolute Gasteiger partial charge is 0.339 e. The molecule has 1 aromatic carbocycles. The third kappa shape index (κ3) is 3.54. The first kappa shape index (κ1) is 14.0. The Morgan fingerprint density at radius 2 is 2.05 bits per heavy atom. The number of aromatic carboxylic acids is 1. The molecule has 0 atom stereocenters. The Balaban J connectivity index is 2.03. The van der Waals surface area contributed by atoms with Crippen LogP contribution in [0.1, 0.15) is 35.0 Å². The highest BCUT2D eigenvalue weighted by atomic mass is 16.5. The van der Waals surface area contributed by atoms with Gasteiger partial charge < -0.3 is 9.84 Å². The number of aryl methyl sites for hydroxylation is 1. The minimum Gasteiger partial charge on any atom is -0.487 e. The zero-order chi connectivity index (χ0) is 14.4. The van der Waals surface area contributed by atoms with Crippen molar-refractivity contribution < 1.29 is 14.6 Å². The molecule has 1 heterocycles. The number of nitrogens with zero attached hydrogens (tertiary/aromatic N) is 2. The number of rotatable bonds is 6. The maximum atomic E-state index is 11.0. The standard InChI is InChI=1S/C15H16N2O3/c1-2-3-11-4-6-12(7-5-11)20-9-14-13(15(18)19)8-16-10-17-14/h4-8,10H,2-3,9H2,1H3,(H,18,19). The normalized spacial score (nSPS) is 10.2. The maximum Gasteiger partial charge on any atom is 0.339 e. The Kier molecular flexibility index (Phi) is 4.65. The lowest BCUT2D eigenvalue weighted by molar-refractivity contribution is 0.0692. The molecule has 20 heavy (non-hydrogen) atoms. The topological polar surface area (TPSA) is 72.3 Å². The monoisotopic (exact) mass is 272 g/mol. The molecular weight excluding hydrogens is 256 g/mol. The molecule has 0 saturated heterocycles. The first-order chi connectivity index (χ1) is 9.70. The summed E-state index contributed by atoms with van der Waals surface area (Å²) in [5.74, 6) is -0.359. The third-order valence-corrected chi connectivity index (χ3v) is 2.86. The van der Waals surface area contributed by atoms with Gasteiger partial charge in [0.1, 0.15) is 24.2 Å². The van der Waals surface area contributed by atoms with Crippen LogP contribution in [0, 0.1) is 0 Å². The Bertz CT molecular complexity index is 582. The van der Waals surface area contributed by atoms with E-state index in [9.17, 15) is 4.79 Å². The predicted octanol–water partition coefficient (Wildman–Crippen LogP) is 2.71. The Hall–Kier alpha value is -2.43. The molecule has 1 N–H and O–H groups in total. The van der Waals surface area contributed by atoms with E-state index in [0.29, 0.717) is 11.4 Å². The molecule has 2 aromatic rings. The van der Waals surface area contributed by atoms with Crippen molar-refractivity contribution in [3.63, 3.8) is 0 Å². The van der Waals surface area contributed by atoms with Gasteiger partial charge in [-0.05, 0) is 24.1 Å². The van der Waals surface area contributed by atoms with Gasteiger partial charge in [-0.15, -0.1) is 0 Å². The summed E-state index contributed by atoms with van der Waals surface area (Å²) in [7, 11) is 0. The van der Waals surface area contributed by atoms with Crippen molar-refractivity contribution in [2.75, 3.05) is 0 Å². The average Bonchev–Trinajstić information content (AvgIpc) is 2.47. The summed E-state index contributed by atoms with van der Waals surface area (Å²) in [5.41, 5.74) is 1.69. The molecule has 5 nitrogen and oxygen atoms in total. The molecule has 0 unspecified atom stereocenters. The van der Waals surface area contributed by atoms with Crippen molar-refractivity contribution in [3.05, 3.63) is 53.6 Å². The molecule has 0 aliphatic carbocycles. The van der Waals surface area contributed by atoms with E-state index in [2.05, 4.69) is 16.9 Å². The number of aromatic nitrogens is 2. The van der Waals surface area contributed by atoms with Crippen molar-refractivity contribution in [1.29, 1.82) is 0 Å². The quantitative estimate of drug-likeness (QED) is 0.875. The van der Waals surface area contributed by atoms with E-state index in [1.165, 1.54) is 18.1 Å². The van der Waals surface area contributed by atoms with Crippen LogP contribution in [-0.4, -0.2) is 21.0 Å². The summed E-state index contributed by atoms with van der Waals surface area (Å²) in [6.45, 7) is 2.24. The molecule has 0 saturated carbocycles. The fourth-order valence-electron chi connectivity index (χ4n) is 1.84. The molecule has 0 amide bonds. The highest BCUT2D eigenvalue weighted by molar-refractivity contribution is 5.88. The van der Waals surface area contributed by atoms with Crippen LogP contribution < -0.4 is 4.74 Å². The van der Waals surface area contributed by atoms with Crippen LogP contribution in [-0.2, 0) is 13.0 Å². The number of hydrogen-bond acceptors (Lipinski definition) is 4. The Morgan fingerprint density at radius 1 is 1.30 bits per heavy atom. The van der Waals surface area contributed by atoms with E-state index in [-0.39, 0.29) is 12.2 Å². The summed E-state index contributed by atoms with van der Waals surface area (Å²) in [6, 6.07) is 7.78. The van der Waals surface area contributed by atoms with Crippen LogP contribution in [0.3, 0.4) is 0 Å². The van der Waals surface area contributed by atoms with Gasteiger partial charge in [-0.1, -0.05) is 25.5 Å². The highest BCUT2D eigenvalue weighted by Crippen LogP contribution is 2.15. The number of carboxylic acids is 1. The van der Waals surface area contributed by atoms with Gasteiger partial charge in [0.05, 0.1) is 5.69 Å². The Labute approximate surface area is 117 Å². The van der Waals surface area contributed by atoms with Crippen LogP contribution in [0.15, 0.2) is 36.8 Å². The van der Waals surface area contributed by atoms with Gasteiger partial charge in [0, 0.05) is 6.20 Å². The SMILES string of the molecule is CCCc1ccc(OCc2ncncc2C(=O)O)cc1. The molecule has 104 valence electrons. The second-order valence-electron chi connectivity index (χ2n) is 4.37. The number of ether oxygens (including phenoxy) is 1. The number of carboxylic acid groups (broad SMARTS) is 1. The lowest BCUT2D eigenvalue weighted by atomic mass is 10.1. The minimum absolute atomic E-state index is 0.0649. The Morgan fingerprint density at radius 3 is 2.70 bits per heavy atom. The van der Waals surface area contributed by atoms with E-state index < -0.39 is 5.97 Å². The third-order valence-electron chi connectivity index (χ3n) is 2.86. The van der Waals surface area contributed by atoms with Crippen LogP contribution in [0.25, 0.3) is 0 Å². The fourth-order valence-corrected chi connectivity index (χ4v) is 1.84. The van der Waals surface area contributed by atoms with Crippen molar-refractivity contribution in [1.82, 2.24) is 9.97 Å². The van der Waals surface area contributed by atoms with Crippen molar-refractivity contribution >= 4 is 5.97 Å². The van der Waals surface area contributed by atoms with Gasteiger partial charge in [0.15, 0.2) is 0 Å². The van der Waals surface area contributed by atoms with E-state index in [1.807, 2.05) is 24.3 Å². The first-order valence-electron chi connectivity index (χ1n) is 6.44. The molecule has 0 radical (unpaired) electrons. The predicted molar refractivity (Wildman–Crippen MR) is 73.8 cm³/mol. The molecule has 0 bridgehead atoms. The second-order valence-corrected chi connectivity index (χ2v) is 4.37. The van der Waals surface area contributed by atoms with Crippen LogP contribution >= 0.6 is 0 Å². The molecule has 0 aliphatic rings. The zero-order valence-corrected chi connectivity index (χ0v) is 11.2. The lowest BCUT2D eigenvalue weighted by Gasteiger charge is -2.08. The van der Waals surface area contributed by atoms with Gasteiger partial charge in [-0.25, -0.2) is 14.8 Å². The van der Waals surface area contributed by atoms with Crippen molar-refractivity contribution in [2.24, 2.45) is 0 Å². The molecule has 0 spiro atoms. The molecule has 0 fully saturated rings. The molecule has 0 aliphatic heterocycles. The summed E-state index contributed by atoms with van der Waals surface area (Å²) in [5, 5.41) is 9.02. The van der Waals surface area contributed by atoms with Crippen LogP contribution in [0.4, 0.5) is 0 Å². The highest BCUT2D eigenvalue weighted by Gasteiger charge is 2.11. The fraction of sp³-hybridized carbons (Fsp3) is 0.267. The number of carbonyl (C=O) groups is 1. The van der Waals surface area contributed by atoms with Gasteiger partial charge in [-0.2, -0.15) is 0 Å². The van der Waals surface area contributed by atoms with E-state index in [4.69, 9.17) is 9.84 Å². The van der Waals surface area contributed by atoms with Gasteiger partial charge in [0.2, 0.25) is 0 Å². The summed E-state index contributed by atoms with van der Waals surface area (Å²) >= 11 is 0. The summed E-state index contributed by atoms with van der Waals surface area (Å²) in [4.78, 5) is 18.7.